The Morgan fingerprint density at radius 3 is 2.73 bits per heavy atom. The minimum absolute atomic E-state index is 0.145. The van der Waals surface area contributed by atoms with Crippen LogP contribution in [0.3, 0.4) is 0 Å². The van der Waals surface area contributed by atoms with Crippen LogP contribution in [0, 0.1) is 0 Å². The first-order chi connectivity index (χ1) is 15.9. The van der Waals surface area contributed by atoms with Gasteiger partial charge in [0.25, 0.3) is 0 Å². The number of phenolic OH excluding ortho intramolecular Hbond substituents is 1. The molecule has 0 saturated heterocycles. The van der Waals surface area contributed by atoms with E-state index in [0.29, 0.717) is 6.61 Å². The van der Waals surface area contributed by atoms with Gasteiger partial charge in [0.05, 0.1) is 12.1 Å². The van der Waals surface area contributed by atoms with Crippen molar-refractivity contribution in [3.8, 4) is 17.2 Å². The largest absolute Gasteiger partial charge is 0.508 e. The number of aliphatic carboxylic acids is 2. The highest BCUT2D eigenvalue weighted by Gasteiger charge is 2.19. The van der Waals surface area contributed by atoms with Crippen LogP contribution in [0.4, 0.5) is 0 Å². The van der Waals surface area contributed by atoms with E-state index in [1.807, 2.05) is 36.4 Å². The van der Waals surface area contributed by atoms with Gasteiger partial charge >= 0.3 is 11.9 Å². The zero-order valence-electron chi connectivity index (χ0n) is 17.9. The van der Waals surface area contributed by atoms with Crippen LogP contribution in [-0.4, -0.2) is 58.0 Å². The molecule has 174 valence electrons. The Morgan fingerprint density at radius 2 is 1.94 bits per heavy atom. The van der Waals surface area contributed by atoms with Gasteiger partial charge in [-0.2, -0.15) is 0 Å². The van der Waals surface area contributed by atoms with E-state index in [0.717, 1.165) is 54.8 Å². The fourth-order valence-corrected chi connectivity index (χ4v) is 3.34. The summed E-state index contributed by atoms with van der Waals surface area (Å²) in [5, 5.41) is 28.9. The van der Waals surface area contributed by atoms with Crippen molar-refractivity contribution in [1.82, 2.24) is 10.3 Å². The van der Waals surface area contributed by atoms with Crippen LogP contribution in [0.2, 0.25) is 0 Å². The van der Waals surface area contributed by atoms with E-state index in [4.69, 9.17) is 29.3 Å². The number of hydrogen-bond donors (Lipinski definition) is 4. The van der Waals surface area contributed by atoms with Gasteiger partial charge in [0, 0.05) is 30.3 Å². The van der Waals surface area contributed by atoms with Crippen LogP contribution in [0.15, 0.2) is 54.7 Å². The highest BCUT2D eigenvalue weighted by molar-refractivity contribution is 6.27. The first kappa shape index (κ1) is 23.8. The average Bonchev–Trinajstić information content (AvgIpc) is 2.81. The lowest BCUT2D eigenvalue weighted by molar-refractivity contribution is -0.159. The number of nitrogens with zero attached hydrogens (tertiary/aromatic N) is 1. The molecule has 0 amide bonds. The summed E-state index contributed by atoms with van der Waals surface area (Å²) in [4.78, 5) is 22.5. The number of pyridine rings is 1. The molecule has 1 aliphatic rings. The second-order valence-electron chi connectivity index (χ2n) is 7.44. The zero-order valence-corrected chi connectivity index (χ0v) is 17.9. The summed E-state index contributed by atoms with van der Waals surface area (Å²) < 4.78 is 11.8. The van der Waals surface area contributed by atoms with E-state index in [2.05, 4.69) is 10.3 Å². The molecular weight excluding hydrogens is 428 g/mol. The summed E-state index contributed by atoms with van der Waals surface area (Å²) in [6.45, 7) is 2.33. The van der Waals surface area contributed by atoms with Gasteiger partial charge in [0.1, 0.15) is 23.4 Å². The lowest BCUT2D eigenvalue weighted by atomic mass is 10.0. The Kier molecular flexibility index (Phi) is 8.43. The number of fused-ring (bicyclic) bond motifs is 2. The molecule has 0 bridgehead atoms. The van der Waals surface area contributed by atoms with Crippen LogP contribution < -0.4 is 14.8 Å². The molecule has 9 heteroatoms. The van der Waals surface area contributed by atoms with E-state index in [1.54, 1.807) is 18.3 Å². The van der Waals surface area contributed by atoms with Crippen molar-refractivity contribution in [2.45, 2.75) is 25.4 Å². The van der Waals surface area contributed by atoms with Crippen molar-refractivity contribution < 1.29 is 34.4 Å². The SMILES string of the molecule is O=C(O)C(=O)O.Oc1ccc2c(c1)OC(CNCCCOc1ccc3cccnc3c1)CC2. The molecule has 0 radical (unpaired) electrons. The van der Waals surface area contributed by atoms with Gasteiger partial charge in [0.15, 0.2) is 0 Å². The Labute approximate surface area is 190 Å². The van der Waals surface area contributed by atoms with Gasteiger partial charge in [0.2, 0.25) is 0 Å². The second kappa shape index (κ2) is 11.7. The third-order valence-corrected chi connectivity index (χ3v) is 4.98. The first-order valence-corrected chi connectivity index (χ1v) is 10.6. The highest BCUT2D eigenvalue weighted by Crippen LogP contribution is 2.30. The molecule has 1 unspecified atom stereocenters. The number of phenols is 1. The zero-order chi connectivity index (χ0) is 23.6. The number of carboxylic acid groups (broad SMARTS) is 2. The highest BCUT2D eigenvalue weighted by atomic mass is 16.5. The number of aryl methyl sites for hydroxylation is 1. The molecule has 4 rings (SSSR count). The van der Waals surface area contributed by atoms with Gasteiger partial charge in [-0.1, -0.05) is 12.1 Å². The number of rotatable bonds is 7. The molecule has 33 heavy (non-hydrogen) atoms. The molecule has 0 spiro atoms. The lowest BCUT2D eigenvalue weighted by Gasteiger charge is -2.26. The number of nitrogens with one attached hydrogen (secondary N) is 1. The Morgan fingerprint density at radius 1 is 1.12 bits per heavy atom. The normalized spacial score (nSPS) is 14.4. The van der Waals surface area contributed by atoms with E-state index in [-0.39, 0.29) is 11.9 Å². The van der Waals surface area contributed by atoms with Crippen molar-refractivity contribution in [3.05, 3.63) is 60.3 Å². The molecule has 4 N–H and O–H groups in total. The van der Waals surface area contributed by atoms with E-state index in [9.17, 15) is 5.11 Å². The Balaban J connectivity index is 0.000000454. The summed E-state index contributed by atoms with van der Waals surface area (Å²) in [5.41, 5.74) is 2.12. The molecule has 1 aliphatic heterocycles. The minimum atomic E-state index is -1.82. The van der Waals surface area contributed by atoms with Gasteiger partial charge in [-0.15, -0.1) is 0 Å². The standard InChI is InChI=1S/C22H24N2O3.C2H2O4/c25-18-7-4-17-6-9-20(27-22(17)13-18)15-23-10-2-12-26-19-8-5-16-3-1-11-24-21(16)14-19;3-1(4)2(5)6/h1,3-5,7-8,11,13-14,20,23,25H,2,6,9-10,12,15H2;(H,3,4)(H,5,6). The molecule has 0 fully saturated rings. The first-order valence-electron chi connectivity index (χ1n) is 10.6. The second-order valence-corrected chi connectivity index (χ2v) is 7.44. The third-order valence-electron chi connectivity index (χ3n) is 4.98. The maximum Gasteiger partial charge on any atom is 0.414 e. The predicted octanol–water partition coefficient (Wildman–Crippen LogP) is 2.85. The fourth-order valence-electron chi connectivity index (χ4n) is 3.34. The minimum Gasteiger partial charge on any atom is -0.508 e. The number of aromatic nitrogens is 1. The van der Waals surface area contributed by atoms with Crippen LogP contribution >= 0.6 is 0 Å². The quantitative estimate of drug-likeness (QED) is 0.313. The van der Waals surface area contributed by atoms with Crippen molar-refractivity contribution in [2.24, 2.45) is 0 Å². The summed E-state index contributed by atoms with van der Waals surface area (Å²) in [7, 11) is 0. The van der Waals surface area contributed by atoms with E-state index >= 15 is 0 Å². The van der Waals surface area contributed by atoms with Crippen LogP contribution in [0.5, 0.6) is 17.2 Å². The van der Waals surface area contributed by atoms with Crippen molar-refractivity contribution >= 4 is 22.8 Å². The molecule has 3 aromatic rings. The van der Waals surface area contributed by atoms with Crippen LogP contribution in [-0.2, 0) is 16.0 Å². The molecule has 1 atom stereocenters. The summed E-state index contributed by atoms with van der Waals surface area (Å²) >= 11 is 0. The third kappa shape index (κ3) is 7.36. The lowest BCUT2D eigenvalue weighted by Crippen LogP contribution is -2.34. The molecular formula is C24H26N2O7. The van der Waals surface area contributed by atoms with E-state index in [1.165, 1.54) is 5.56 Å². The summed E-state index contributed by atoms with van der Waals surface area (Å²) in [6, 6.07) is 15.3. The number of hydrogen-bond acceptors (Lipinski definition) is 7. The number of carbonyl (C=O) groups is 2. The summed E-state index contributed by atoms with van der Waals surface area (Å²) in [6.07, 6.45) is 4.84. The number of carboxylic acids is 2. The molecule has 2 heterocycles. The monoisotopic (exact) mass is 454 g/mol. The van der Waals surface area contributed by atoms with Crippen molar-refractivity contribution in [1.29, 1.82) is 0 Å². The van der Waals surface area contributed by atoms with Crippen molar-refractivity contribution in [2.75, 3.05) is 19.7 Å². The average molecular weight is 454 g/mol. The topological polar surface area (TPSA) is 138 Å². The Bertz CT molecular complexity index is 1090. The molecule has 2 aromatic carbocycles. The predicted molar refractivity (Wildman–Crippen MR) is 121 cm³/mol. The number of aromatic hydroxyl groups is 1. The van der Waals surface area contributed by atoms with Gasteiger partial charge in [-0.25, -0.2) is 9.59 Å². The van der Waals surface area contributed by atoms with Crippen molar-refractivity contribution in [3.63, 3.8) is 0 Å². The van der Waals surface area contributed by atoms with Gasteiger partial charge in [-0.05, 0) is 55.6 Å². The van der Waals surface area contributed by atoms with E-state index < -0.39 is 11.9 Å². The smallest absolute Gasteiger partial charge is 0.414 e. The van der Waals surface area contributed by atoms with Crippen LogP contribution in [0.25, 0.3) is 10.9 Å². The maximum absolute atomic E-state index is 9.59. The molecule has 1 aromatic heterocycles. The fraction of sp³-hybridized carbons (Fsp3) is 0.292. The summed E-state index contributed by atoms with van der Waals surface area (Å²) in [5.74, 6) is -1.73. The Hall–Kier alpha value is -3.85. The molecule has 9 nitrogen and oxygen atoms in total. The maximum atomic E-state index is 9.59. The molecule has 0 saturated carbocycles. The molecule has 0 aliphatic carbocycles. The number of benzene rings is 2. The van der Waals surface area contributed by atoms with Gasteiger partial charge < -0.3 is 30.1 Å². The van der Waals surface area contributed by atoms with Gasteiger partial charge in [-0.3, -0.25) is 4.98 Å². The van der Waals surface area contributed by atoms with Crippen LogP contribution in [0.1, 0.15) is 18.4 Å². The number of ether oxygens (including phenoxy) is 2.